The van der Waals surface area contributed by atoms with Crippen molar-refractivity contribution < 1.29 is 19.5 Å². The Labute approximate surface area is 149 Å². The van der Waals surface area contributed by atoms with Crippen LogP contribution in [0.3, 0.4) is 0 Å². The van der Waals surface area contributed by atoms with E-state index < -0.39 is 17.6 Å². The van der Waals surface area contributed by atoms with E-state index in [2.05, 4.69) is 21.2 Å². The zero-order valence-corrected chi connectivity index (χ0v) is 15.5. The van der Waals surface area contributed by atoms with Crippen LogP contribution >= 0.6 is 15.9 Å². The average Bonchev–Trinajstić information content (AvgIpc) is 2.73. The molecule has 0 bridgehead atoms. The Bertz CT molecular complexity index is 682. The maximum absolute atomic E-state index is 12.6. The molecule has 1 heterocycles. The standard InChI is InChI=1S/C17H21BrN2O4/c1-17(2,3)19-15(23)13(6-7-14(21)22)20-9-10-8-11(18)4-5-12(10)16(20)24/h4-5,8,13H,6-7,9H2,1-3H3,(H,19,23)(H,21,22). The van der Waals surface area contributed by atoms with Crippen molar-refractivity contribution in [2.45, 2.75) is 51.7 Å². The van der Waals surface area contributed by atoms with Crippen molar-refractivity contribution in [3.63, 3.8) is 0 Å². The van der Waals surface area contributed by atoms with Gasteiger partial charge in [-0.05, 0) is 51.0 Å². The SMILES string of the molecule is CC(C)(C)NC(=O)C(CCC(=O)O)N1Cc2cc(Br)ccc2C1=O. The van der Waals surface area contributed by atoms with Gasteiger partial charge in [0.15, 0.2) is 0 Å². The van der Waals surface area contributed by atoms with Gasteiger partial charge in [0.2, 0.25) is 5.91 Å². The van der Waals surface area contributed by atoms with Crippen LogP contribution in [0.2, 0.25) is 0 Å². The fraction of sp³-hybridized carbons (Fsp3) is 0.471. The number of carboxylic acid groups (broad SMARTS) is 1. The second-order valence-electron chi connectivity index (χ2n) is 6.92. The number of aliphatic carboxylic acids is 1. The summed E-state index contributed by atoms with van der Waals surface area (Å²) >= 11 is 3.37. The zero-order valence-electron chi connectivity index (χ0n) is 13.9. The van der Waals surface area contributed by atoms with Crippen LogP contribution in [0, 0.1) is 0 Å². The van der Waals surface area contributed by atoms with Crippen LogP contribution in [-0.2, 0) is 16.1 Å². The van der Waals surface area contributed by atoms with Gasteiger partial charge in [-0.15, -0.1) is 0 Å². The van der Waals surface area contributed by atoms with E-state index in [1.807, 2.05) is 26.8 Å². The van der Waals surface area contributed by atoms with E-state index in [1.165, 1.54) is 4.90 Å². The molecule has 0 aliphatic carbocycles. The van der Waals surface area contributed by atoms with Crippen LogP contribution < -0.4 is 5.32 Å². The van der Waals surface area contributed by atoms with Gasteiger partial charge in [-0.3, -0.25) is 14.4 Å². The smallest absolute Gasteiger partial charge is 0.303 e. The van der Waals surface area contributed by atoms with Crippen molar-refractivity contribution in [1.29, 1.82) is 0 Å². The first kappa shape index (κ1) is 18.4. The molecule has 2 N–H and O–H groups in total. The summed E-state index contributed by atoms with van der Waals surface area (Å²) in [4.78, 5) is 37.7. The molecular formula is C17H21BrN2O4. The lowest BCUT2D eigenvalue weighted by Gasteiger charge is -2.30. The molecule has 1 aromatic rings. The van der Waals surface area contributed by atoms with Gasteiger partial charge in [0.25, 0.3) is 5.91 Å². The van der Waals surface area contributed by atoms with Crippen LogP contribution in [0.1, 0.15) is 49.5 Å². The monoisotopic (exact) mass is 396 g/mol. The highest BCUT2D eigenvalue weighted by Crippen LogP contribution is 2.28. The van der Waals surface area contributed by atoms with Crippen molar-refractivity contribution in [2.75, 3.05) is 0 Å². The topological polar surface area (TPSA) is 86.7 Å². The van der Waals surface area contributed by atoms with Gasteiger partial charge in [-0.25, -0.2) is 0 Å². The number of carbonyl (C=O) groups is 3. The zero-order chi connectivity index (χ0) is 18.1. The minimum absolute atomic E-state index is 0.0815. The Morgan fingerprint density at radius 3 is 2.62 bits per heavy atom. The minimum Gasteiger partial charge on any atom is -0.481 e. The summed E-state index contributed by atoms with van der Waals surface area (Å²) in [5, 5.41) is 11.8. The number of fused-ring (bicyclic) bond motifs is 1. The van der Waals surface area contributed by atoms with E-state index in [-0.39, 0.29) is 24.7 Å². The van der Waals surface area contributed by atoms with Crippen molar-refractivity contribution in [2.24, 2.45) is 0 Å². The maximum Gasteiger partial charge on any atom is 0.303 e. The number of carbonyl (C=O) groups excluding carboxylic acids is 2. The number of benzene rings is 1. The molecule has 7 heteroatoms. The van der Waals surface area contributed by atoms with E-state index in [0.29, 0.717) is 12.1 Å². The van der Waals surface area contributed by atoms with Crippen LogP contribution in [0.5, 0.6) is 0 Å². The second kappa shape index (κ2) is 6.93. The number of hydrogen-bond donors (Lipinski definition) is 2. The lowest BCUT2D eigenvalue weighted by Crippen LogP contribution is -2.52. The molecule has 0 spiro atoms. The van der Waals surface area contributed by atoms with Crippen molar-refractivity contribution in [3.05, 3.63) is 33.8 Å². The number of nitrogens with zero attached hydrogens (tertiary/aromatic N) is 1. The summed E-state index contributed by atoms with van der Waals surface area (Å²) < 4.78 is 0.858. The molecule has 6 nitrogen and oxygen atoms in total. The number of carboxylic acids is 1. The van der Waals surface area contributed by atoms with Crippen LogP contribution in [-0.4, -0.2) is 39.4 Å². The average molecular weight is 397 g/mol. The van der Waals surface area contributed by atoms with Gasteiger partial charge in [-0.1, -0.05) is 15.9 Å². The van der Waals surface area contributed by atoms with Crippen LogP contribution in [0.4, 0.5) is 0 Å². The molecular weight excluding hydrogens is 376 g/mol. The second-order valence-corrected chi connectivity index (χ2v) is 7.84. The Balaban J connectivity index is 2.26. The highest BCUT2D eigenvalue weighted by Gasteiger charge is 2.37. The predicted octanol–water partition coefficient (Wildman–Crippen LogP) is 2.55. The molecule has 130 valence electrons. The molecule has 0 saturated carbocycles. The third-order valence-corrected chi connectivity index (χ3v) is 4.20. The number of rotatable bonds is 5. The third-order valence-electron chi connectivity index (χ3n) is 3.71. The molecule has 1 aromatic carbocycles. The Kier molecular flexibility index (Phi) is 5.32. The van der Waals surface area contributed by atoms with E-state index in [0.717, 1.165) is 10.0 Å². The fourth-order valence-corrected chi connectivity index (χ4v) is 3.11. The van der Waals surface area contributed by atoms with Crippen LogP contribution in [0.25, 0.3) is 0 Å². The van der Waals surface area contributed by atoms with E-state index >= 15 is 0 Å². The van der Waals surface area contributed by atoms with Crippen molar-refractivity contribution in [3.8, 4) is 0 Å². The summed E-state index contributed by atoms with van der Waals surface area (Å²) in [5.41, 5.74) is 0.928. The predicted molar refractivity (Wildman–Crippen MR) is 92.6 cm³/mol. The number of hydrogen-bond acceptors (Lipinski definition) is 3. The number of halogens is 1. The molecule has 1 aliphatic rings. The minimum atomic E-state index is -0.990. The quantitative estimate of drug-likeness (QED) is 0.800. The molecule has 0 saturated heterocycles. The van der Waals surface area contributed by atoms with E-state index in [9.17, 15) is 14.4 Å². The summed E-state index contributed by atoms with van der Waals surface area (Å²) in [6.45, 7) is 5.83. The van der Waals surface area contributed by atoms with E-state index in [1.54, 1.807) is 12.1 Å². The van der Waals surface area contributed by atoms with Crippen LogP contribution in [0.15, 0.2) is 22.7 Å². The Morgan fingerprint density at radius 1 is 1.38 bits per heavy atom. The maximum atomic E-state index is 12.6. The molecule has 1 atom stereocenters. The van der Waals surface area contributed by atoms with Gasteiger partial charge in [-0.2, -0.15) is 0 Å². The largest absolute Gasteiger partial charge is 0.481 e. The summed E-state index contributed by atoms with van der Waals surface area (Å²) in [6.07, 6.45) is -0.0931. The Hall–Kier alpha value is -1.89. The normalized spacial score (nSPS) is 15.2. The molecule has 1 aliphatic heterocycles. The summed E-state index contributed by atoms with van der Waals surface area (Å²) in [5.74, 6) is -1.56. The molecule has 0 radical (unpaired) electrons. The number of amides is 2. The summed E-state index contributed by atoms with van der Waals surface area (Å²) in [7, 11) is 0. The molecule has 0 fully saturated rings. The lowest BCUT2D eigenvalue weighted by molar-refractivity contribution is -0.137. The van der Waals surface area contributed by atoms with E-state index in [4.69, 9.17) is 5.11 Å². The van der Waals surface area contributed by atoms with Gasteiger partial charge in [0, 0.05) is 28.5 Å². The van der Waals surface area contributed by atoms with Crippen molar-refractivity contribution in [1.82, 2.24) is 10.2 Å². The third kappa shape index (κ3) is 4.35. The first-order chi connectivity index (χ1) is 11.1. The molecule has 2 amide bonds. The van der Waals surface area contributed by atoms with Gasteiger partial charge in [0.05, 0.1) is 0 Å². The fourth-order valence-electron chi connectivity index (χ4n) is 2.71. The Morgan fingerprint density at radius 2 is 2.04 bits per heavy atom. The van der Waals surface area contributed by atoms with Gasteiger partial charge in [0.1, 0.15) is 6.04 Å². The molecule has 24 heavy (non-hydrogen) atoms. The van der Waals surface area contributed by atoms with Crippen molar-refractivity contribution >= 4 is 33.7 Å². The van der Waals surface area contributed by atoms with Gasteiger partial charge < -0.3 is 15.3 Å². The molecule has 2 rings (SSSR count). The first-order valence-electron chi connectivity index (χ1n) is 7.72. The lowest BCUT2D eigenvalue weighted by atomic mass is 10.0. The highest BCUT2D eigenvalue weighted by molar-refractivity contribution is 9.10. The number of nitrogens with one attached hydrogen (secondary N) is 1. The summed E-state index contributed by atoms with van der Waals surface area (Å²) in [6, 6.07) is 4.54. The molecule has 0 aromatic heterocycles. The van der Waals surface area contributed by atoms with Gasteiger partial charge >= 0.3 is 5.97 Å². The first-order valence-corrected chi connectivity index (χ1v) is 8.51. The highest BCUT2D eigenvalue weighted by atomic mass is 79.9. The molecule has 1 unspecified atom stereocenters.